The number of fused-ring (bicyclic) bond motifs is 1. The summed E-state index contributed by atoms with van der Waals surface area (Å²) in [5.74, 6) is 0.391. The summed E-state index contributed by atoms with van der Waals surface area (Å²) in [6.07, 6.45) is 1.28. The van der Waals surface area contributed by atoms with Gasteiger partial charge in [0.15, 0.2) is 11.6 Å². The fourth-order valence-electron chi connectivity index (χ4n) is 4.26. The van der Waals surface area contributed by atoms with E-state index in [1.807, 2.05) is 6.92 Å². The molecule has 0 unspecified atom stereocenters. The van der Waals surface area contributed by atoms with Crippen molar-refractivity contribution in [2.45, 2.75) is 32.0 Å². The molecule has 0 aromatic heterocycles. The van der Waals surface area contributed by atoms with Crippen molar-refractivity contribution in [2.75, 3.05) is 7.11 Å². The van der Waals surface area contributed by atoms with E-state index in [-0.39, 0.29) is 29.7 Å². The zero-order valence-corrected chi connectivity index (χ0v) is 11.5. The Hall–Kier alpha value is -1.68. The number of hydrogen-bond acceptors (Lipinski definition) is 4. The molecular formula is C16H16O4. The molecule has 0 N–H and O–H groups in total. The molecule has 4 atom stereocenters. The van der Waals surface area contributed by atoms with Crippen LogP contribution in [0.25, 0.3) is 0 Å². The van der Waals surface area contributed by atoms with Crippen molar-refractivity contribution in [1.29, 1.82) is 0 Å². The van der Waals surface area contributed by atoms with E-state index >= 15 is 0 Å². The van der Waals surface area contributed by atoms with Gasteiger partial charge in [0.1, 0.15) is 5.75 Å². The van der Waals surface area contributed by atoms with Crippen molar-refractivity contribution in [3.63, 3.8) is 0 Å². The van der Waals surface area contributed by atoms with Gasteiger partial charge in [-0.15, -0.1) is 0 Å². The summed E-state index contributed by atoms with van der Waals surface area (Å²) in [5, 5.41) is 0. The zero-order chi connectivity index (χ0) is 14.1. The molecule has 3 aliphatic rings. The van der Waals surface area contributed by atoms with Gasteiger partial charge in [-0.25, -0.2) is 0 Å². The normalized spacial score (nSPS) is 37.8. The minimum Gasteiger partial charge on any atom is -0.496 e. The van der Waals surface area contributed by atoms with Crippen molar-refractivity contribution >= 4 is 11.6 Å². The molecule has 1 saturated carbocycles. The van der Waals surface area contributed by atoms with Gasteiger partial charge in [-0.2, -0.15) is 0 Å². The van der Waals surface area contributed by atoms with Crippen molar-refractivity contribution in [2.24, 2.45) is 11.3 Å². The zero-order valence-electron chi connectivity index (χ0n) is 11.5. The fraction of sp³-hybridized carbons (Fsp3) is 0.500. The summed E-state index contributed by atoms with van der Waals surface area (Å²) in [4.78, 5) is 25.7. The van der Waals surface area contributed by atoms with Crippen LogP contribution in [-0.2, 0) is 4.74 Å². The van der Waals surface area contributed by atoms with Crippen molar-refractivity contribution in [3.8, 4) is 5.75 Å². The van der Waals surface area contributed by atoms with Crippen LogP contribution in [0.2, 0.25) is 0 Å². The second kappa shape index (κ2) is 3.70. The molecule has 2 fully saturated rings. The third-order valence-corrected chi connectivity index (χ3v) is 5.14. The standard InChI is InChI=1S/C16H16O4/c1-8-7-16-10(6-12(16)20-8)14(17)13-9(15(16)18)4-3-5-11(13)19-2/h3-5,8,10,12H,6-7H2,1-2H3/t8-,10+,12-,16-/m1/s1. The molecule has 1 spiro atoms. The first-order valence-electron chi connectivity index (χ1n) is 7.01. The Kier molecular flexibility index (Phi) is 2.24. The Bertz CT molecular complexity index is 635. The van der Waals surface area contributed by atoms with Gasteiger partial charge < -0.3 is 9.47 Å². The average molecular weight is 272 g/mol. The molecule has 104 valence electrons. The second-order valence-electron chi connectivity index (χ2n) is 6.04. The maximum absolute atomic E-state index is 13.0. The minimum atomic E-state index is -0.601. The number of benzene rings is 1. The molecule has 1 aliphatic heterocycles. The van der Waals surface area contributed by atoms with Crippen LogP contribution >= 0.6 is 0 Å². The quantitative estimate of drug-likeness (QED) is 0.787. The van der Waals surface area contributed by atoms with Crippen LogP contribution in [0.5, 0.6) is 5.75 Å². The van der Waals surface area contributed by atoms with E-state index in [0.29, 0.717) is 29.7 Å². The number of carbonyl (C=O) groups is 2. The summed E-state index contributed by atoms with van der Waals surface area (Å²) in [5.41, 5.74) is 0.372. The Morgan fingerprint density at radius 3 is 2.85 bits per heavy atom. The predicted molar refractivity (Wildman–Crippen MR) is 71.1 cm³/mol. The number of ether oxygens (including phenoxy) is 2. The Balaban J connectivity index is 1.92. The number of methoxy groups -OCH3 is 1. The average Bonchev–Trinajstić information content (AvgIpc) is 2.68. The van der Waals surface area contributed by atoms with E-state index in [9.17, 15) is 9.59 Å². The Morgan fingerprint density at radius 2 is 2.15 bits per heavy atom. The van der Waals surface area contributed by atoms with Gasteiger partial charge in [-0.1, -0.05) is 12.1 Å². The molecule has 1 heterocycles. The first kappa shape index (κ1) is 12.1. The highest BCUT2D eigenvalue weighted by Gasteiger charge is 2.69. The number of Topliss-reactive ketones (excluding diaryl/α,β-unsaturated/α-hetero) is 2. The lowest BCUT2D eigenvalue weighted by Crippen LogP contribution is -2.61. The van der Waals surface area contributed by atoms with E-state index in [0.717, 1.165) is 0 Å². The Morgan fingerprint density at radius 1 is 1.35 bits per heavy atom. The van der Waals surface area contributed by atoms with Crippen LogP contribution in [0.15, 0.2) is 18.2 Å². The van der Waals surface area contributed by atoms with Crippen LogP contribution in [-0.4, -0.2) is 30.9 Å². The molecule has 0 amide bonds. The highest BCUT2D eigenvalue weighted by atomic mass is 16.5. The van der Waals surface area contributed by atoms with Crippen molar-refractivity contribution in [3.05, 3.63) is 29.3 Å². The maximum Gasteiger partial charge on any atom is 0.173 e. The number of carbonyl (C=O) groups excluding carboxylic acids is 2. The fourth-order valence-corrected chi connectivity index (χ4v) is 4.26. The SMILES string of the molecule is COc1cccc2c1C(=O)[C@@H]1C[C@H]3O[C@H](C)C[C@]31C2=O. The summed E-state index contributed by atoms with van der Waals surface area (Å²) in [7, 11) is 1.53. The maximum atomic E-state index is 13.0. The van der Waals surface area contributed by atoms with Crippen LogP contribution in [0.4, 0.5) is 0 Å². The Labute approximate surface area is 117 Å². The summed E-state index contributed by atoms with van der Waals surface area (Å²) in [6.45, 7) is 1.98. The molecule has 1 aromatic rings. The van der Waals surface area contributed by atoms with Gasteiger partial charge in [0.2, 0.25) is 0 Å². The van der Waals surface area contributed by atoms with Gasteiger partial charge in [-0.3, -0.25) is 9.59 Å². The lowest BCUT2D eigenvalue weighted by atomic mass is 9.49. The molecule has 1 aromatic carbocycles. The van der Waals surface area contributed by atoms with Gasteiger partial charge in [0.05, 0.1) is 30.3 Å². The predicted octanol–water partition coefficient (Wildman–Crippen LogP) is 2.26. The van der Waals surface area contributed by atoms with Gasteiger partial charge in [-0.05, 0) is 25.8 Å². The van der Waals surface area contributed by atoms with Gasteiger partial charge in [0, 0.05) is 11.5 Å². The van der Waals surface area contributed by atoms with Crippen LogP contribution in [0, 0.1) is 11.3 Å². The van der Waals surface area contributed by atoms with E-state index in [4.69, 9.17) is 9.47 Å². The topological polar surface area (TPSA) is 52.6 Å². The summed E-state index contributed by atoms with van der Waals surface area (Å²) in [6, 6.07) is 5.25. The van der Waals surface area contributed by atoms with Crippen LogP contribution < -0.4 is 4.74 Å². The molecule has 4 rings (SSSR count). The molecular weight excluding hydrogens is 256 g/mol. The molecule has 0 radical (unpaired) electrons. The minimum absolute atomic E-state index is 0.0472. The number of ketones is 2. The lowest BCUT2D eigenvalue weighted by molar-refractivity contribution is -0.0654. The second-order valence-corrected chi connectivity index (χ2v) is 6.04. The van der Waals surface area contributed by atoms with E-state index < -0.39 is 5.41 Å². The molecule has 1 saturated heterocycles. The van der Waals surface area contributed by atoms with Gasteiger partial charge >= 0.3 is 0 Å². The van der Waals surface area contributed by atoms with E-state index in [2.05, 4.69) is 0 Å². The molecule has 4 heteroatoms. The van der Waals surface area contributed by atoms with Crippen LogP contribution in [0.1, 0.15) is 40.5 Å². The third-order valence-electron chi connectivity index (χ3n) is 5.14. The number of hydrogen-bond donors (Lipinski definition) is 0. The van der Waals surface area contributed by atoms with E-state index in [1.54, 1.807) is 18.2 Å². The van der Waals surface area contributed by atoms with E-state index in [1.165, 1.54) is 7.11 Å². The summed E-state index contributed by atoms with van der Waals surface area (Å²) < 4.78 is 11.1. The smallest absolute Gasteiger partial charge is 0.173 e. The first-order valence-corrected chi connectivity index (χ1v) is 7.01. The molecule has 4 nitrogen and oxygen atoms in total. The summed E-state index contributed by atoms with van der Waals surface area (Å²) >= 11 is 0. The lowest BCUT2D eigenvalue weighted by Gasteiger charge is -2.51. The largest absolute Gasteiger partial charge is 0.496 e. The van der Waals surface area contributed by atoms with Crippen LogP contribution in [0.3, 0.4) is 0 Å². The highest BCUT2D eigenvalue weighted by molar-refractivity contribution is 6.20. The monoisotopic (exact) mass is 272 g/mol. The molecule has 0 bridgehead atoms. The number of rotatable bonds is 1. The van der Waals surface area contributed by atoms with Crippen molar-refractivity contribution < 1.29 is 19.1 Å². The highest BCUT2D eigenvalue weighted by Crippen LogP contribution is 2.62. The van der Waals surface area contributed by atoms with Gasteiger partial charge in [0.25, 0.3) is 0 Å². The molecule has 2 aliphatic carbocycles. The molecule has 20 heavy (non-hydrogen) atoms. The van der Waals surface area contributed by atoms with Crippen molar-refractivity contribution in [1.82, 2.24) is 0 Å². The third kappa shape index (κ3) is 1.17. The first-order chi connectivity index (χ1) is 9.59.